The van der Waals surface area contributed by atoms with Gasteiger partial charge in [-0.2, -0.15) is 5.26 Å². The van der Waals surface area contributed by atoms with Crippen molar-refractivity contribution < 1.29 is 9.59 Å². The molecule has 0 bridgehead atoms. The average Bonchev–Trinajstić information content (AvgIpc) is 2.71. The first kappa shape index (κ1) is 12.5. The van der Waals surface area contributed by atoms with Gasteiger partial charge in [0.25, 0.3) is 0 Å². The Balaban J connectivity index is 2.30. The molecule has 1 saturated heterocycles. The first-order chi connectivity index (χ1) is 8.52. The molecular weight excluding hydrogens is 300 g/mol. The third-order valence-corrected chi connectivity index (χ3v) is 3.32. The number of nitriles is 1. The third-order valence-electron chi connectivity index (χ3n) is 2.73. The van der Waals surface area contributed by atoms with Crippen LogP contribution in [0.15, 0.2) is 16.7 Å². The molecule has 2 rings (SSSR count). The van der Waals surface area contributed by atoms with Gasteiger partial charge in [0.05, 0.1) is 16.0 Å². The molecule has 1 atom stereocenters. The number of aromatic nitrogens is 1. The van der Waals surface area contributed by atoms with Crippen LogP contribution in [0.1, 0.15) is 12.0 Å². The third kappa shape index (κ3) is 2.19. The van der Waals surface area contributed by atoms with Crippen LogP contribution >= 0.6 is 15.9 Å². The van der Waals surface area contributed by atoms with Gasteiger partial charge in [-0.3, -0.25) is 14.5 Å². The summed E-state index contributed by atoms with van der Waals surface area (Å²) in [7, 11) is 0. The zero-order chi connectivity index (χ0) is 13.3. The molecule has 0 spiro atoms. The maximum Gasteiger partial charge on any atom is 0.229 e. The normalized spacial score (nSPS) is 18.8. The summed E-state index contributed by atoms with van der Waals surface area (Å²) in [4.78, 5) is 28.3. The van der Waals surface area contributed by atoms with Crippen LogP contribution < -0.4 is 10.6 Å². The Bertz CT molecular complexity index is 567. The fourth-order valence-electron chi connectivity index (χ4n) is 1.79. The number of carbonyl (C=O) groups is 2. The number of rotatable bonds is 2. The van der Waals surface area contributed by atoms with Crippen LogP contribution in [0.4, 0.5) is 5.82 Å². The van der Waals surface area contributed by atoms with E-state index in [-0.39, 0.29) is 18.9 Å². The van der Waals surface area contributed by atoms with Crippen LogP contribution in [0.25, 0.3) is 0 Å². The van der Waals surface area contributed by atoms with E-state index in [9.17, 15) is 9.59 Å². The lowest BCUT2D eigenvalue weighted by Gasteiger charge is -2.16. The monoisotopic (exact) mass is 308 g/mol. The maximum absolute atomic E-state index is 11.8. The van der Waals surface area contributed by atoms with Crippen LogP contribution in [0.5, 0.6) is 0 Å². The Morgan fingerprint density at radius 2 is 2.39 bits per heavy atom. The summed E-state index contributed by atoms with van der Waals surface area (Å²) in [6.45, 7) is 0.228. The number of primary amides is 1. The summed E-state index contributed by atoms with van der Waals surface area (Å²) < 4.78 is 0.542. The van der Waals surface area contributed by atoms with Gasteiger partial charge in [-0.05, 0) is 22.0 Å². The van der Waals surface area contributed by atoms with Gasteiger partial charge in [-0.15, -0.1) is 0 Å². The Morgan fingerprint density at radius 1 is 1.67 bits per heavy atom. The molecule has 1 aromatic rings. The van der Waals surface area contributed by atoms with Gasteiger partial charge in [0.1, 0.15) is 11.9 Å². The lowest BCUT2D eigenvalue weighted by atomic mass is 10.1. The Morgan fingerprint density at radius 3 is 2.89 bits per heavy atom. The highest BCUT2D eigenvalue weighted by molar-refractivity contribution is 9.10. The predicted octanol–water partition coefficient (Wildman–Crippen LogP) is 0.554. The summed E-state index contributed by atoms with van der Waals surface area (Å²) in [5.74, 6) is -0.767. The number of anilines is 1. The first-order valence-corrected chi connectivity index (χ1v) is 5.97. The zero-order valence-electron chi connectivity index (χ0n) is 9.26. The molecule has 18 heavy (non-hydrogen) atoms. The number of halogens is 1. The Kier molecular flexibility index (Phi) is 3.30. The Hall–Kier alpha value is -1.94. The molecule has 1 aromatic heterocycles. The number of nitrogens with two attached hydrogens (primary N) is 1. The van der Waals surface area contributed by atoms with Gasteiger partial charge < -0.3 is 5.73 Å². The highest BCUT2D eigenvalue weighted by Crippen LogP contribution is 2.29. The Labute approximate surface area is 112 Å². The van der Waals surface area contributed by atoms with Gasteiger partial charge in [-0.1, -0.05) is 0 Å². The van der Waals surface area contributed by atoms with Crippen molar-refractivity contribution in [2.75, 3.05) is 11.4 Å². The van der Waals surface area contributed by atoms with Crippen LogP contribution in [-0.4, -0.2) is 23.3 Å². The van der Waals surface area contributed by atoms with Gasteiger partial charge in [-0.25, -0.2) is 4.98 Å². The molecule has 2 amide bonds. The van der Waals surface area contributed by atoms with E-state index < -0.39 is 11.8 Å². The van der Waals surface area contributed by atoms with Crippen LogP contribution in [0, 0.1) is 17.2 Å². The minimum atomic E-state index is -0.490. The second-order valence-electron chi connectivity index (χ2n) is 3.95. The van der Waals surface area contributed by atoms with Crippen molar-refractivity contribution in [3.8, 4) is 6.07 Å². The number of amides is 2. The molecule has 7 heteroatoms. The number of nitrogens with zero attached hydrogens (tertiary/aromatic N) is 3. The molecule has 0 aromatic carbocycles. The average molecular weight is 309 g/mol. The molecule has 0 aliphatic carbocycles. The number of pyridine rings is 1. The van der Waals surface area contributed by atoms with Crippen molar-refractivity contribution in [2.45, 2.75) is 6.42 Å². The van der Waals surface area contributed by atoms with E-state index in [4.69, 9.17) is 11.0 Å². The standard InChI is InChI=1S/C11H9BrN4O2/c12-8-1-6(3-13)4-15-11(8)16-5-7(10(14)18)2-9(16)17/h1,4,7H,2,5H2,(H2,14,18). The first-order valence-electron chi connectivity index (χ1n) is 5.18. The van der Waals surface area contributed by atoms with E-state index in [0.29, 0.717) is 15.9 Å². The van der Waals surface area contributed by atoms with Crippen molar-refractivity contribution in [1.29, 1.82) is 5.26 Å². The van der Waals surface area contributed by atoms with Crippen molar-refractivity contribution in [1.82, 2.24) is 4.98 Å². The molecular formula is C11H9BrN4O2. The van der Waals surface area contributed by atoms with E-state index in [1.807, 2.05) is 6.07 Å². The van der Waals surface area contributed by atoms with Crippen molar-refractivity contribution in [3.63, 3.8) is 0 Å². The minimum Gasteiger partial charge on any atom is -0.369 e. The van der Waals surface area contributed by atoms with Gasteiger partial charge in [0, 0.05) is 19.2 Å². The van der Waals surface area contributed by atoms with Crippen LogP contribution in [0.2, 0.25) is 0 Å². The van der Waals surface area contributed by atoms with E-state index in [1.54, 1.807) is 6.07 Å². The van der Waals surface area contributed by atoms with E-state index in [0.717, 1.165) is 0 Å². The largest absolute Gasteiger partial charge is 0.369 e. The quantitative estimate of drug-likeness (QED) is 0.862. The lowest BCUT2D eigenvalue weighted by Crippen LogP contribution is -2.29. The predicted molar refractivity (Wildman–Crippen MR) is 66.3 cm³/mol. The van der Waals surface area contributed by atoms with Gasteiger partial charge in [0.15, 0.2) is 0 Å². The highest BCUT2D eigenvalue weighted by atomic mass is 79.9. The van der Waals surface area contributed by atoms with Crippen molar-refractivity contribution in [2.24, 2.45) is 11.7 Å². The van der Waals surface area contributed by atoms with Crippen molar-refractivity contribution >= 4 is 33.6 Å². The molecule has 2 heterocycles. The maximum atomic E-state index is 11.8. The number of carbonyl (C=O) groups excluding carboxylic acids is 2. The second kappa shape index (κ2) is 4.74. The van der Waals surface area contributed by atoms with E-state index in [2.05, 4.69) is 20.9 Å². The molecule has 0 radical (unpaired) electrons. The summed E-state index contributed by atoms with van der Waals surface area (Å²) in [6, 6.07) is 3.53. The molecule has 92 valence electrons. The van der Waals surface area contributed by atoms with Crippen molar-refractivity contribution in [3.05, 3.63) is 22.3 Å². The highest BCUT2D eigenvalue weighted by Gasteiger charge is 2.35. The molecule has 1 aliphatic rings. The topological polar surface area (TPSA) is 100 Å². The minimum absolute atomic E-state index is 0.101. The molecule has 1 aliphatic heterocycles. The van der Waals surface area contributed by atoms with Gasteiger partial charge >= 0.3 is 0 Å². The fraction of sp³-hybridized carbons (Fsp3) is 0.273. The number of hydrogen-bond acceptors (Lipinski definition) is 4. The van der Waals surface area contributed by atoms with Gasteiger partial charge in [0.2, 0.25) is 11.8 Å². The molecule has 2 N–H and O–H groups in total. The van der Waals surface area contributed by atoms with Crippen LogP contribution in [-0.2, 0) is 9.59 Å². The molecule has 6 nitrogen and oxygen atoms in total. The summed E-state index contributed by atoms with van der Waals surface area (Å²) in [6.07, 6.45) is 1.48. The molecule has 1 unspecified atom stereocenters. The van der Waals surface area contributed by atoms with E-state index >= 15 is 0 Å². The summed E-state index contributed by atoms with van der Waals surface area (Å²) in [5, 5.41) is 8.73. The summed E-state index contributed by atoms with van der Waals surface area (Å²) >= 11 is 3.26. The smallest absolute Gasteiger partial charge is 0.229 e. The lowest BCUT2D eigenvalue weighted by molar-refractivity contribution is -0.123. The fourth-order valence-corrected chi connectivity index (χ4v) is 2.36. The van der Waals surface area contributed by atoms with E-state index in [1.165, 1.54) is 11.1 Å². The van der Waals surface area contributed by atoms with Crippen LogP contribution in [0.3, 0.4) is 0 Å². The second-order valence-corrected chi connectivity index (χ2v) is 4.80. The zero-order valence-corrected chi connectivity index (χ0v) is 10.8. The molecule has 0 saturated carbocycles. The SMILES string of the molecule is N#Cc1cnc(N2CC(C(N)=O)CC2=O)c(Br)c1. The number of hydrogen-bond donors (Lipinski definition) is 1. The summed E-state index contributed by atoms with van der Waals surface area (Å²) in [5.41, 5.74) is 5.58. The molecule has 1 fully saturated rings.